The zero-order chi connectivity index (χ0) is 31.5. The number of carboxylic acids is 1. The van der Waals surface area contributed by atoms with Crippen molar-refractivity contribution in [1.82, 2.24) is 34.5 Å². The molecule has 44 heavy (non-hydrogen) atoms. The number of hydrogen-bond acceptors (Lipinski definition) is 18. The normalized spacial score (nSPS) is 18.1. The molecule has 0 radical (unpaired) electrons. The van der Waals surface area contributed by atoms with Crippen LogP contribution >= 0.6 is 58.2 Å². The van der Waals surface area contributed by atoms with Gasteiger partial charge in [-0.25, -0.2) is 4.79 Å². The maximum atomic E-state index is 13.1. The molecule has 0 aliphatic carbocycles. The number of rotatable bonds is 12. The minimum Gasteiger partial charge on any atom is -0.503 e. The molecule has 1 saturated heterocycles. The van der Waals surface area contributed by atoms with Crippen LogP contribution in [-0.2, 0) is 25.0 Å². The molecule has 22 heteroatoms. The number of carbonyl (C=O) groups is 3. The fraction of sp³-hybridized carbons (Fsp3) is 0.318. The molecule has 0 aromatic carbocycles. The molecule has 2 atom stereocenters. The number of aromatic nitrogens is 5. The summed E-state index contributed by atoms with van der Waals surface area (Å²) in [6.45, 7) is 0. The van der Waals surface area contributed by atoms with E-state index in [1.807, 2.05) is 0 Å². The lowest BCUT2D eigenvalue weighted by Crippen LogP contribution is -2.71. The fourth-order valence-corrected chi connectivity index (χ4v) is 8.93. The predicted molar refractivity (Wildman–Crippen MR) is 163 cm³/mol. The highest BCUT2D eigenvalue weighted by molar-refractivity contribution is 8.03. The summed E-state index contributed by atoms with van der Waals surface area (Å²) in [5.74, 6) is -2.26. The SMILES string of the molecule is CO/N=C(\C(=O)N[C@@H]1C(=O)N2C(C(=O)O)=C(CSc3nnc(SCc4cc(=O)c(O)cn4OC)s3)CS[C@@H]12)c1nsc(N)n1. The Morgan fingerprint density at radius 3 is 2.59 bits per heavy atom. The largest absolute Gasteiger partial charge is 0.503 e. The summed E-state index contributed by atoms with van der Waals surface area (Å²) in [5.41, 5.74) is 5.68. The number of oxime groups is 1. The Kier molecular flexibility index (Phi) is 9.62. The highest BCUT2D eigenvalue weighted by Gasteiger charge is 2.54. The number of hydrogen-bond donors (Lipinski definition) is 4. The van der Waals surface area contributed by atoms with Gasteiger partial charge in [0.15, 0.2) is 19.6 Å². The van der Waals surface area contributed by atoms with E-state index in [2.05, 4.69) is 30.0 Å². The van der Waals surface area contributed by atoms with Crippen molar-refractivity contribution in [1.29, 1.82) is 0 Å². The number of nitrogen functional groups attached to an aromatic ring is 1. The molecule has 5 heterocycles. The quantitative estimate of drug-likeness (QED) is 0.0847. The van der Waals surface area contributed by atoms with Crippen molar-refractivity contribution in [2.45, 2.75) is 25.8 Å². The average Bonchev–Trinajstić information content (AvgIpc) is 3.65. The molecule has 5 N–H and O–H groups in total. The van der Waals surface area contributed by atoms with Crippen molar-refractivity contribution >= 4 is 86.8 Å². The number of amides is 2. The summed E-state index contributed by atoms with van der Waals surface area (Å²) in [5, 5.41) is 33.6. The lowest BCUT2D eigenvalue weighted by Gasteiger charge is -2.49. The third-order valence-corrected chi connectivity index (χ3v) is 11.2. The smallest absolute Gasteiger partial charge is 0.352 e. The van der Waals surface area contributed by atoms with E-state index >= 15 is 0 Å². The van der Waals surface area contributed by atoms with Gasteiger partial charge < -0.3 is 30.9 Å². The van der Waals surface area contributed by atoms with Crippen LogP contribution in [0, 0.1) is 0 Å². The Morgan fingerprint density at radius 1 is 1.23 bits per heavy atom. The molecular formula is C22H21N9O8S5. The molecule has 3 aromatic heterocycles. The van der Waals surface area contributed by atoms with E-state index in [1.165, 1.54) is 77.8 Å². The first-order chi connectivity index (χ1) is 21.1. The van der Waals surface area contributed by atoms with Gasteiger partial charge in [-0.1, -0.05) is 40.0 Å². The number of nitrogens with zero attached hydrogens (tertiary/aromatic N) is 7. The average molecular weight is 700 g/mol. The summed E-state index contributed by atoms with van der Waals surface area (Å²) < 4.78 is 6.40. The highest BCUT2D eigenvalue weighted by Crippen LogP contribution is 2.42. The zero-order valence-corrected chi connectivity index (χ0v) is 26.6. The summed E-state index contributed by atoms with van der Waals surface area (Å²) >= 11 is 6.04. The number of nitrogens with two attached hydrogens (primary N) is 1. The molecule has 0 bridgehead atoms. The minimum atomic E-state index is -1.26. The van der Waals surface area contributed by atoms with Gasteiger partial charge in [0.25, 0.3) is 11.8 Å². The molecular weight excluding hydrogens is 679 g/mol. The third kappa shape index (κ3) is 6.47. The first kappa shape index (κ1) is 31.6. The van der Waals surface area contributed by atoms with E-state index < -0.39 is 40.4 Å². The Morgan fingerprint density at radius 2 is 1.95 bits per heavy atom. The Hall–Kier alpha value is -3.86. The number of nitrogens with one attached hydrogen (secondary N) is 1. The van der Waals surface area contributed by atoms with Gasteiger partial charge in [-0.15, -0.1) is 22.0 Å². The second kappa shape index (κ2) is 13.4. The van der Waals surface area contributed by atoms with Gasteiger partial charge in [-0.2, -0.15) is 14.1 Å². The molecule has 232 valence electrons. The minimum absolute atomic E-state index is 0.0639. The number of aliphatic carboxylic acids is 1. The fourth-order valence-electron chi connectivity index (χ4n) is 4.03. The van der Waals surface area contributed by atoms with Gasteiger partial charge in [0.2, 0.25) is 17.0 Å². The van der Waals surface area contributed by atoms with Gasteiger partial charge in [0, 0.05) is 34.9 Å². The van der Waals surface area contributed by atoms with Crippen molar-refractivity contribution in [3.8, 4) is 5.75 Å². The van der Waals surface area contributed by atoms with Crippen molar-refractivity contribution in [3.63, 3.8) is 0 Å². The van der Waals surface area contributed by atoms with Crippen LogP contribution in [0.1, 0.15) is 11.5 Å². The number of aromatic hydroxyl groups is 1. The number of pyridine rings is 1. The Balaban J connectivity index is 1.22. The number of β-lactam (4-membered cyclic amide) rings is 1. The molecule has 0 unspecified atom stereocenters. The van der Waals surface area contributed by atoms with Crippen molar-refractivity contribution in [2.24, 2.45) is 5.16 Å². The standard InChI is InChI=1S/C22H21N9O8S5/c1-38-28-12(15-25-20(23)44-29-15)16(34)24-13-17(35)31-14(19(36)37)8(5-40-18(13)31)6-41-21-26-27-22(43-21)42-7-9-3-10(32)11(33)4-30(9)39-2/h3-4,13,18,33H,5-7H2,1-2H3,(H,24,34)(H,36,37)(H2,23,25,29)/b28-12-/t13-,18+/m1/s1. The van der Waals surface area contributed by atoms with Crippen molar-refractivity contribution in [2.75, 3.05) is 31.5 Å². The molecule has 5 rings (SSSR count). The summed E-state index contributed by atoms with van der Waals surface area (Å²) in [6.07, 6.45) is 1.18. The van der Waals surface area contributed by atoms with Crippen LogP contribution < -0.4 is 21.3 Å². The number of fused-ring (bicyclic) bond motifs is 1. The zero-order valence-electron chi connectivity index (χ0n) is 22.5. The molecule has 0 spiro atoms. The highest BCUT2D eigenvalue weighted by atomic mass is 32.2. The van der Waals surface area contributed by atoms with Crippen LogP contribution in [0.3, 0.4) is 0 Å². The lowest BCUT2D eigenvalue weighted by atomic mass is 10.0. The summed E-state index contributed by atoms with van der Waals surface area (Å²) in [4.78, 5) is 65.0. The van der Waals surface area contributed by atoms with Gasteiger partial charge >= 0.3 is 5.97 Å². The lowest BCUT2D eigenvalue weighted by molar-refractivity contribution is -0.150. The van der Waals surface area contributed by atoms with Crippen molar-refractivity contribution < 1.29 is 34.3 Å². The van der Waals surface area contributed by atoms with E-state index in [0.29, 0.717) is 31.5 Å². The Bertz CT molecular complexity index is 1740. The summed E-state index contributed by atoms with van der Waals surface area (Å²) in [7, 11) is 2.64. The number of carboxylic acid groups (broad SMARTS) is 1. The molecule has 17 nitrogen and oxygen atoms in total. The first-order valence-electron chi connectivity index (χ1n) is 12.1. The van der Waals surface area contributed by atoms with Crippen LogP contribution in [0.5, 0.6) is 5.75 Å². The number of carbonyl (C=O) groups excluding carboxylic acids is 2. The Labute approximate surface area is 268 Å². The molecule has 3 aromatic rings. The number of thioether (sulfide) groups is 3. The van der Waals surface area contributed by atoms with Crippen LogP contribution in [-0.4, -0.2) is 100 Å². The molecule has 2 aliphatic rings. The van der Waals surface area contributed by atoms with Crippen LogP contribution in [0.4, 0.5) is 5.13 Å². The van der Waals surface area contributed by atoms with E-state index in [9.17, 15) is 29.4 Å². The van der Waals surface area contributed by atoms with E-state index in [1.54, 1.807) is 0 Å². The topological polar surface area (TPSA) is 237 Å². The molecule has 2 amide bonds. The van der Waals surface area contributed by atoms with E-state index in [4.69, 9.17) is 15.4 Å². The van der Waals surface area contributed by atoms with Crippen LogP contribution in [0.25, 0.3) is 0 Å². The van der Waals surface area contributed by atoms with Crippen molar-refractivity contribution in [3.05, 3.63) is 45.3 Å². The third-order valence-electron chi connectivity index (χ3n) is 5.96. The first-order valence-corrected chi connectivity index (χ1v) is 16.7. The molecule has 0 saturated carbocycles. The van der Waals surface area contributed by atoms with E-state index in [0.717, 1.165) is 16.4 Å². The van der Waals surface area contributed by atoms with Gasteiger partial charge in [-0.05, 0) is 5.57 Å². The maximum Gasteiger partial charge on any atom is 0.352 e. The maximum absolute atomic E-state index is 13.1. The van der Waals surface area contributed by atoms with Crippen LogP contribution in [0.2, 0.25) is 0 Å². The van der Waals surface area contributed by atoms with Gasteiger partial charge in [-0.3, -0.25) is 19.3 Å². The van der Waals surface area contributed by atoms with Gasteiger partial charge in [0.1, 0.15) is 31.3 Å². The predicted octanol–water partition coefficient (Wildman–Crippen LogP) is 0.0712. The van der Waals surface area contributed by atoms with Gasteiger partial charge in [0.05, 0.1) is 11.9 Å². The van der Waals surface area contributed by atoms with Crippen LogP contribution in [0.15, 0.2) is 42.2 Å². The number of anilines is 1. The van der Waals surface area contributed by atoms with E-state index in [-0.39, 0.29) is 28.1 Å². The monoisotopic (exact) mass is 699 g/mol. The second-order valence-corrected chi connectivity index (χ2v) is 13.9. The molecule has 1 fully saturated rings. The second-order valence-electron chi connectivity index (χ2n) is 8.63. The molecule has 2 aliphatic heterocycles. The summed E-state index contributed by atoms with van der Waals surface area (Å²) in [6, 6.07) is 0.268.